The molecule has 3 rings (SSSR count). The molecule has 0 saturated carbocycles. The Balaban J connectivity index is 1.65. The fourth-order valence-corrected chi connectivity index (χ4v) is 3.41. The lowest BCUT2D eigenvalue weighted by Gasteiger charge is -2.24. The molecule has 0 spiro atoms. The van der Waals surface area contributed by atoms with E-state index >= 15 is 0 Å². The zero-order valence-corrected chi connectivity index (χ0v) is 16.8. The van der Waals surface area contributed by atoms with Crippen LogP contribution < -0.4 is 30.1 Å². The first kappa shape index (κ1) is 21.4. The van der Waals surface area contributed by atoms with Crippen molar-refractivity contribution in [1.82, 2.24) is 10.6 Å². The summed E-state index contributed by atoms with van der Waals surface area (Å²) >= 11 is 0. The van der Waals surface area contributed by atoms with Crippen LogP contribution in [0.5, 0.6) is 11.5 Å². The first-order valence-corrected chi connectivity index (χ1v) is 9.74. The van der Waals surface area contributed by atoms with E-state index in [1.165, 1.54) is 4.90 Å². The molecule has 3 amide bonds. The van der Waals surface area contributed by atoms with Gasteiger partial charge in [-0.1, -0.05) is 13.8 Å². The normalized spacial score (nSPS) is 18.8. The summed E-state index contributed by atoms with van der Waals surface area (Å²) in [5.74, 6) is -2.45. The molecule has 162 valence electrons. The van der Waals surface area contributed by atoms with Gasteiger partial charge in [0.15, 0.2) is 11.5 Å². The molecule has 30 heavy (non-hydrogen) atoms. The molecule has 2 heterocycles. The van der Waals surface area contributed by atoms with Crippen LogP contribution in [0.4, 0.5) is 5.69 Å². The van der Waals surface area contributed by atoms with E-state index in [-0.39, 0.29) is 24.8 Å². The van der Waals surface area contributed by atoms with Gasteiger partial charge in [0.05, 0.1) is 18.4 Å². The lowest BCUT2D eigenvalue weighted by molar-refractivity contribution is -0.304. The molecule has 2 N–H and O–H groups in total. The van der Waals surface area contributed by atoms with Crippen LogP contribution in [-0.4, -0.2) is 56.0 Å². The van der Waals surface area contributed by atoms with Gasteiger partial charge < -0.3 is 34.9 Å². The number of carboxylic acids is 1. The number of carbonyl (C=O) groups is 4. The minimum absolute atomic E-state index is 0.00571. The second-order valence-electron chi connectivity index (χ2n) is 7.55. The first-order valence-electron chi connectivity index (χ1n) is 9.74. The number of aliphatic carboxylic acids is 1. The SMILES string of the molecule is CC(C)[C@H](NC(=O)[C@@H]1CC(=O)N(c2ccc3c(c2)OCCO3)C1)C(=O)NCC(=O)[O-]. The van der Waals surface area contributed by atoms with Crippen LogP contribution in [0.2, 0.25) is 0 Å². The van der Waals surface area contributed by atoms with Crippen molar-refractivity contribution in [2.45, 2.75) is 26.3 Å². The second kappa shape index (κ2) is 9.02. The summed E-state index contributed by atoms with van der Waals surface area (Å²) < 4.78 is 11.0. The van der Waals surface area contributed by atoms with Crippen molar-refractivity contribution >= 4 is 29.4 Å². The third kappa shape index (κ3) is 4.81. The maximum atomic E-state index is 12.7. The van der Waals surface area contributed by atoms with E-state index in [1.54, 1.807) is 32.0 Å². The molecule has 0 aromatic heterocycles. The second-order valence-corrected chi connectivity index (χ2v) is 7.55. The van der Waals surface area contributed by atoms with E-state index in [9.17, 15) is 24.3 Å². The topological polar surface area (TPSA) is 137 Å². The monoisotopic (exact) mass is 418 g/mol. The Labute approximate surface area is 173 Å². The molecule has 0 aliphatic carbocycles. The molecule has 10 nitrogen and oxygen atoms in total. The number of nitrogens with one attached hydrogen (secondary N) is 2. The number of ether oxygens (including phenoxy) is 2. The van der Waals surface area contributed by atoms with Crippen molar-refractivity contribution in [2.75, 3.05) is 31.2 Å². The van der Waals surface area contributed by atoms with Gasteiger partial charge in [-0.05, 0) is 18.1 Å². The van der Waals surface area contributed by atoms with Gasteiger partial charge in [0.25, 0.3) is 0 Å². The van der Waals surface area contributed by atoms with Crippen LogP contribution in [0.25, 0.3) is 0 Å². The third-order valence-corrected chi connectivity index (χ3v) is 4.99. The molecule has 0 bridgehead atoms. The minimum Gasteiger partial charge on any atom is -0.548 e. The van der Waals surface area contributed by atoms with Crippen molar-refractivity contribution in [3.63, 3.8) is 0 Å². The van der Waals surface area contributed by atoms with Crippen molar-refractivity contribution < 1.29 is 33.8 Å². The highest BCUT2D eigenvalue weighted by atomic mass is 16.6. The number of nitrogens with zero attached hydrogens (tertiary/aromatic N) is 1. The molecule has 2 aliphatic rings. The molecule has 10 heteroatoms. The van der Waals surface area contributed by atoms with E-state index in [2.05, 4.69) is 10.6 Å². The Kier molecular flexibility index (Phi) is 6.43. The summed E-state index contributed by atoms with van der Waals surface area (Å²) in [6.45, 7) is 3.86. The van der Waals surface area contributed by atoms with Crippen molar-refractivity contribution in [3.05, 3.63) is 18.2 Å². The van der Waals surface area contributed by atoms with Crippen LogP contribution in [0.1, 0.15) is 20.3 Å². The molecule has 2 atom stereocenters. The summed E-state index contributed by atoms with van der Waals surface area (Å²) in [6, 6.07) is 4.24. The number of amides is 3. The molecule has 0 radical (unpaired) electrons. The quantitative estimate of drug-likeness (QED) is 0.568. The van der Waals surface area contributed by atoms with Crippen molar-refractivity contribution in [1.29, 1.82) is 0 Å². The molecule has 1 saturated heterocycles. The Morgan fingerprint density at radius 1 is 1.20 bits per heavy atom. The smallest absolute Gasteiger partial charge is 0.243 e. The molecular weight excluding hydrogens is 394 g/mol. The first-order chi connectivity index (χ1) is 14.3. The molecule has 2 aliphatic heterocycles. The number of carboxylic acid groups (broad SMARTS) is 1. The highest BCUT2D eigenvalue weighted by Crippen LogP contribution is 2.36. The van der Waals surface area contributed by atoms with Crippen LogP contribution in [0.15, 0.2) is 18.2 Å². The van der Waals surface area contributed by atoms with Gasteiger partial charge in [0.2, 0.25) is 17.7 Å². The van der Waals surface area contributed by atoms with E-state index in [4.69, 9.17) is 9.47 Å². The largest absolute Gasteiger partial charge is 0.548 e. The van der Waals surface area contributed by atoms with Gasteiger partial charge >= 0.3 is 0 Å². The standard InChI is InChI=1S/C20H25N3O7/c1-11(2)18(20(28)21-9-17(25)26)22-19(27)12-7-16(24)23(10-12)13-3-4-14-15(8-13)30-6-5-29-14/h3-4,8,11-12,18H,5-7,9-10H2,1-2H3,(H,21,28)(H,22,27)(H,25,26)/p-1/t12-,18+/m1/s1. The van der Waals surface area contributed by atoms with E-state index in [1.807, 2.05) is 0 Å². The van der Waals surface area contributed by atoms with Gasteiger partial charge in [0.1, 0.15) is 19.3 Å². The Bertz CT molecular complexity index is 855. The van der Waals surface area contributed by atoms with Crippen LogP contribution in [-0.2, 0) is 19.2 Å². The summed E-state index contributed by atoms with van der Waals surface area (Å²) in [7, 11) is 0. The Morgan fingerprint density at radius 3 is 2.57 bits per heavy atom. The minimum atomic E-state index is -1.42. The highest BCUT2D eigenvalue weighted by Gasteiger charge is 2.37. The zero-order chi connectivity index (χ0) is 21.8. The van der Waals surface area contributed by atoms with Gasteiger partial charge in [-0.25, -0.2) is 0 Å². The lowest BCUT2D eigenvalue weighted by atomic mass is 10.0. The predicted molar refractivity (Wildman–Crippen MR) is 103 cm³/mol. The van der Waals surface area contributed by atoms with E-state index < -0.39 is 36.3 Å². The molecule has 0 unspecified atom stereocenters. The lowest BCUT2D eigenvalue weighted by Crippen LogP contribution is -2.53. The summed E-state index contributed by atoms with van der Waals surface area (Å²) in [5.41, 5.74) is 0.603. The average Bonchev–Trinajstić information content (AvgIpc) is 3.11. The number of anilines is 1. The van der Waals surface area contributed by atoms with Crippen LogP contribution in [0, 0.1) is 11.8 Å². The molecule has 1 aromatic carbocycles. The molecule has 1 aromatic rings. The van der Waals surface area contributed by atoms with Gasteiger partial charge in [-0.15, -0.1) is 0 Å². The van der Waals surface area contributed by atoms with Gasteiger partial charge in [-0.3, -0.25) is 14.4 Å². The predicted octanol–water partition coefficient (Wildman–Crippen LogP) is -1.18. The van der Waals surface area contributed by atoms with Gasteiger partial charge in [0, 0.05) is 24.7 Å². The number of benzene rings is 1. The number of hydrogen-bond donors (Lipinski definition) is 2. The third-order valence-electron chi connectivity index (χ3n) is 4.99. The molecular formula is C20H24N3O7-. The zero-order valence-electron chi connectivity index (χ0n) is 16.8. The highest BCUT2D eigenvalue weighted by molar-refractivity contribution is 6.01. The van der Waals surface area contributed by atoms with Crippen molar-refractivity contribution in [2.24, 2.45) is 11.8 Å². The molecule has 1 fully saturated rings. The number of hydrogen-bond acceptors (Lipinski definition) is 7. The van der Waals surface area contributed by atoms with E-state index in [0.29, 0.717) is 30.4 Å². The Morgan fingerprint density at radius 2 is 1.90 bits per heavy atom. The number of carbonyl (C=O) groups excluding carboxylic acids is 4. The number of rotatable bonds is 7. The van der Waals surface area contributed by atoms with Crippen LogP contribution in [0.3, 0.4) is 0 Å². The fourth-order valence-electron chi connectivity index (χ4n) is 3.41. The fraction of sp³-hybridized carbons (Fsp3) is 0.500. The van der Waals surface area contributed by atoms with Crippen molar-refractivity contribution in [3.8, 4) is 11.5 Å². The number of fused-ring (bicyclic) bond motifs is 1. The van der Waals surface area contributed by atoms with Crippen LogP contribution >= 0.6 is 0 Å². The maximum absolute atomic E-state index is 12.7. The summed E-state index contributed by atoms with van der Waals surface area (Å²) in [4.78, 5) is 49.5. The Hall–Kier alpha value is -3.30. The van der Waals surface area contributed by atoms with Gasteiger partial charge in [-0.2, -0.15) is 0 Å². The summed E-state index contributed by atoms with van der Waals surface area (Å²) in [6.07, 6.45) is 0.00571. The summed E-state index contributed by atoms with van der Waals surface area (Å²) in [5, 5.41) is 15.4. The van der Waals surface area contributed by atoms with E-state index in [0.717, 1.165) is 0 Å². The average molecular weight is 418 g/mol. The maximum Gasteiger partial charge on any atom is 0.243 e.